The van der Waals surface area contributed by atoms with Crippen molar-refractivity contribution >= 4 is 21.5 Å². The van der Waals surface area contributed by atoms with Gasteiger partial charge in [0.05, 0.1) is 27.2 Å². The van der Waals surface area contributed by atoms with Crippen LogP contribution in [0.25, 0.3) is 11.4 Å². The van der Waals surface area contributed by atoms with Crippen LogP contribution >= 0.6 is 0 Å². The molecule has 0 N–H and O–H groups in total. The van der Waals surface area contributed by atoms with Crippen LogP contribution in [0, 0.1) is 10.1 Å². The average Bonchev–Trinajstić information content (AvgIpc) is 3.44. The molecule has 0 saturated heterocycles. The zero-order chi connectivity index (χ0) is 28.4. The van der Waals surface area contributed by atoms with Gasteiger partial charge in [0.1, 0.15) is 11.7 Å². The number of non-ortho nitro benzene ring substituents is 1. The van der Waals surface area contributed by atoms with Gasteiger partial charge in [0.2, 0.25) is 0 Å². The number of aromatic nitrogens is 2. The van der Waals surface area contributed by atoms with Gasteiger partial charge in [0.15, 0.2) is 5.84 Å². The van der Waals surface area contributed by atoms with Crippen LogP contribution in [0.2, 0.25) is 0 Å². The van der Waals surface area contributed by atoms with E-state index in [2.05, 4.69) is 4.98 Å². The van der Waals surface area contributed by atoms with Crippen molar-refractivity contribution in [2.75, 3.05) is 0 Å². The maximum absolute atomic E-state index is 14.4. The van der Waals surface area contributed by atoms with Crippen LogP contribution in [0.3, 0.4) is 0 Å². The quantitative estimate of drug-likeness (QED) is 0.178. The number of pyridine rings is 2. The number of hydrogen-bond donors (Lipinski definition) is 0. The Labute approximate surface area is 236 Å². The van der Waals surface area contributed by atoms with Crippen molar-refractivity contribution in [3.05, 3.63) is 154 Å². The van der Waals surface area contributed by atoms with Gasteiger partial charge in [-0.3, -0.25) is 20.1 Å². The predicted octanol–water partition coefficient (Wildman–Crippen LogP) is 5.99. The van der Waals surface area contributed by atoms with Crippen LogP contribution in [-0.4, -0.2) is 33.4 Å². The van der Waals surface area contributed by atoms with Crippen LogP contribution < -0.4 is 0 Å². The summed E-state index contributed by atoms with van der Waals surface area (Å²) in [7, 11) is -4.27. The molecule has 0 aliphatic carbocycles. The summed E-state index contributed by atoms with van der Waals surface area (Å²) in [6, 6.07) is 33.2. The second kappa shape index (κ2) is 10.7. The number of rotatable bonds is 7. The summed E-state index contributed by atoms with van der Waals surface area (Å²) >= 11 is 0. The SMILES string of the molecule is O=[N+]([O-])c1ccc(S(=O)(=O)N2C(c3cccc(-c4ccccn4)n3)=N[C@@H](c3ccccc3)[C@@H]2c2ccccc2)cc1. The Kier molecular flexibility index (Phi) is 6.82. The molecule has 0 amide bonds. The molecule has 0 saturated carbocycles. The summed E-state index contributed by atoms with van der Waals surface area (Å²) in [6.07, 6.45) is 1.67. The Balaban J connectivity index is 1.56. The molecule has 0 unspecified atom stereocenters. The third-order valence-corrected chi connectivity index (χ3v) is 8.60. The lowest BCUT2D eigenvalue weighted by molar-refractivity contribution is -0.384. The van der Waals surface area contributed by atoms with Gasteiger partial charge in [0, 0.05) is 18.3 Å². The summed E-state index contributed by atoms with van der Waals surface area (Å²) < 4.78 is 30.2. The number of aliphatic imine (C=N–C) groups is 1. The standard InChI is InChI=1S/C31H23N5O4S/c37-36(38)24-17-19-25(20-18-24)41(39,40)35-30(23-12-5-2-6-13-23)29(22-10-3-1-4-11-22)34-31(35)28-16-9-15-27(33-28)26-14-7-8-21-32-26/h1-21,29-30H/t29-,30-/m0/s1. The number of nitro groups is 1. The number of nitro benzene ring substituents is 1. The molecule has 2 atom stereocenters. The first-order valence-corrected chi connectivity index (χ1v) is 14.2. The smallest absolute Gasteiger partial charge is 0.258 e. The van der Waals surface area contributed by atoms with E-state index in [0.717, 1.165) is 11.1 Å². The first kappa shape index (κ1) is 26.0. The molecule has 202 valence electrons. The minimum Gasteiger partial charge on any atom is -0.258 e. The Hall–Kier alpha value is -5.22. The van der Waals surface area contributed by atoms with E-state index < -0.39 is 27.0 Å². The maximum Gasteiger partial charge on any atom is 0.269 e. The van der Waals surface area contributed by atoms with Crippen LogP contribution in [0.4, 0.5) is 5.69 Å². The highest BCUT2D eigenvalue weighted by Gasteiger charge is 2.46. The molecule has 0 spiro atoms. The van der Waals surface area contributed by atoms with Crippen LogP contribution in [-0.2, 0) is 10.0 Å². The van der Waals surface area contributed by atoms with Crippen molar-refractivity contribution < 1.29 is 13.3 Å². The minimum atomic E-state index is -4.27. The molecule has 2 aromatic heterocycles. The van der Waals surface area contributed by atoms with Gasteiger partial charge in [-0.25, -0.2) is 17.7 Å². The normalized spacial score (nSPS) is 16.8. The number of sulfonamides is 1. The molecule has 1 aliphatic rings. The van der Waals surface area contributed by atoms with Crippen molar-refractivity contribution in [3.8, 4) is 11.4 Å². The maximum atomic E-state index is 14.4. The molecule has 0 fully saturated rings. The minimum absolute atomic E-state index is 0.0914. The van der Waals surface area contributed by atoms with E-state index in [1.54, 1.807) is 24.4 Å². The highest BCUT2D eigenvalue weighted by Crippen LogP contribution is 2.46. The molecular weight excluding hydrogens is 538 g/mol. The van der Waals surface area contributed by atoms with E-state index in [0.29, 0.717) is 17.1 Å². The lowest BCUT2D eigenvalue weighted by Gasteiger charge is -2.30. The summed E-state index contributed by atoms with van der Waals surface area (Å²) in [5.74, 6) is 0.170. The Morgan fingerprint density at radius 2 is 1.29 bits per heavy atom. The molecule has 3 aromatic carbocycles. The van der Waals surface area contributed by atoms with Crippen molar-refractivity contribution in [3.63, 3.8) is 0 Å². The van der Waals surface area contributed by atoms with Gasteiger partial charge < -0.3 is 0 Å². The topological polar surface area (TPSA) is 119 Å². The Bertz CT molecular complexity index is 1830. The van der Waals surface area contributed by atoms with E-state index in [-0.39, 0.29) is 16.4 Å². The predicted molar refractivity (Wildman–Crippen MR) is 154 cm³/mol. The number of benzene rings is 3. The first-order valence-electron chi connectivity index (χ1n) is 12.8. The van der Waals surface area contributed by atoms with Gasteiger partial charge >= 0.3 is 0 Å². The van der Waals surface area contributed by atoms with Crippen LogP contribution in [0.15, 0.2) is 137 Å². The van der Waals surface area contributed by atoms with Crippen molar-refractivity contribution in [1.82, 2.24) is 14.3 Å². The molecular formula is C31H23N5O4S. The van der Waals surface area contributed by atoms with Gasteiger partial charge in [-0.1, -0.05) is 72.8 Å². The highest BCUT2D eigenvalue weighted by atomic mass is 32.2. The fourth-order valence-corrected chi connectivity index (χ4v) is 6.52. The molecule has 0 bridgehead atoms. The van der Waals surface area contributed by atoms with Crippen LogP contribution in [0.5, 0.6) is 0 Å². The van der Waals surface area contributed by atoms with Gasteiger partial charge in [-0.15, -0.1) is 0 Å². The molecule has 0 radical (unpaired) electrons. The van der Waals surface area contributed by atoms with Crippen LogP contribution in [0.1, 0.15) is 28.9 Å². The molecule has 10 heteroatoms. The molecule has 3 heterocycles. The Morgan fingerprint density at radius 3 is 1.93 bits per heavy atom. The van der Waals surface area contributed by atoms with Crippen molar-refractivity contribution in [1.29, 1.82) is 0 Å². The Morgan fingerprint density at radius 1 is 0.683 bits per heavy atom. The number of amidine groups is 1. The fraction of sp³-hybridized carbons (Fsp3) is 0.0645. The number of nitrogens with zero attached hydrogens (tertiary/aromatic N) is 5. The summed E-state index contributed by atoms with van der Waals surface area (Å²) in [5.41, 5.74) is 2.94. The molecule has 1 aliphatic heterocycles. The molecule has 41 heavy (non-hydrogen) atoms. The van der Waals surface area contributed by atoms with Gasteiger partial charge in [0.25, 0.3) is 15.7 Å². The third-order valence-electron chi connectivity index (χ3n) is 6.81. The van der Waals surface area contributed by atoms with Crippen molar-refractivity contribution in [2.45, 2.75) is 17.0 Å². The third kappa shape index (κ3) is 4.96. The lowest BCUT2D eigenvalue weighted by atomic mass is 9.95. The van der Waals surface area contributed by atoms with Gasteiger partial charge in [-0.05, 0) is 47.5 Å². The second-order valence-electron chi connectivity index (χ2n) is 9.34. The zero-order valence-corrected chi connectivity index (χ0v) is 22.4. The first-order chi connectivity index (χ1) is 19.9. The molecule has 9 nitrogen and oxygen atoms in total. The van der Waals surface area contributed by atoms with E-state index >= 15 is 0 Å². The monoisotopic (exact) mass is 561 g/mol. The van der Waals surface area contributed by atoms with Gasteiger partial charge in [-0.2, -0.15) is 0 Å². The van der Waals surface area contributed by atoms with E-state index in [9.17, 15) is 18.5 Å². The summed E-state index contributed by atoms with van der Waals surface area (Å²) in [4.78, 5) is 24.8. The largest absolute Gasteiger partial charge is 0.269 e. The lowest BCUT2D eigenvalue weighted by Crippen LogP contribution is -2.38. The second-order valence-corrected chi connectivity index (χ2v) is 11.2. The van der Waals surface area contributed by atoms with E-state index in [1.807, 2.05) is 78.9 Å². The molecule has 5 aromatic rings. The summed E-state index contributed by atoms with van der Waals surface area (Å²) in [5, 5.41) is 11.3. The summed E-state index contributed by atoms with van der Waals surface area (Å²) in [6.45, 7) is 0. The average molecular weight is 562 g/mol. The number of hydrogen-bond acceptors (Lipinski definition) is 7. The van der Waals surface area contributed by atoms with Crippen molar-refractivity contribution in [2.24, 2.45) is 4.99 Å². The highest BCUT2D eigenvalue weighted by molar-refractivity contribution is 7.89. The fourth-order valence-electron chi connectivity index (χ4n) is 4.91. The molecule has 6 rings (SSSR count). The van der Waals surface area contributed by atoms with E-state index in [1.165, 1.54) is 28.6 Å². The van der Waals surface area contributed by atoms with E-state index in [4.69, 9.17) is 9.98 Å². The zero-order valence-electron chi connectivity index (χ0n) is 21.6.